The van der Waals surface area contributed by atoms with Crippen molar-refractivity contribution >= 4 is 22.8 Å². The fraction of sp³-hybridized carbons (Fsp3) is 0.533. The molecular formula is C15H20N4O3. The Morgan fingerprint density at radius 2 is 2.23 bits per heavy atom. The molecule has 2 N–H and O–H groups in total. The van der Waals surface area contributed by atoms with Crippen LogP contribution in [0.15, 0.2) is 16.8 Å². The van der Waals surface area contributed by atoms with E-state index in [1.807, 2.05) is 0 Å². The van der Waals surface area contributed by atoms with Gasteiger partial charge in [0, 0.05) is 32.9 Å². The van der Waals surface area contributed by atoms with Gasteiger partial charge in [-0.1, -0.05) is 0 Å². The fourth-order valence-corrected chi connectivity index (χ4v) is 2.91. The number of furan rings is 1. The van der Waals surface area contributed by atoms with Crippen LogP contribution in [0, 0.1) is 5.92 Å². The van der Waals surface area contributed by atoms with Gasteiger partial charge in [0.15, 0.2) is 17.2 Å². The number of nitrogens with zero attached hydrogens (tertiary/aromatic N) is 3. The van der Waals surface area contributed by atoms with E-state index in [0.717, 1.165) is 44.8 Å². The first-order chi connectivity index (χ1) is 10.7. The van der Waals surface area contributed by atoms with E-state index in [2.05, 4.69) is 14.9 Å². The van der Waals surface area contributed by atoms with E-state index < -0.39 is 5.91 Å². The van der Waals surface area contributed by atoms with Crippen molar-refractivity contribution in [2.75, 3.05) is 31.7 Å². The van der Waals surface area contributed by atoms with Crippen LogP contribution in [0.1, 0.15) is 29.8 Å². The Morgan fingerprint density at radius 3 is 2.91 bits per heavy atom. The first kappa shape index (κ1) is 14.8. The lowest BCUT2D eigenvalue weighted by atomic mass is 9.94. The summed E-state index contributed by atoms with van der Waals surface area (Å²) >= 11 is 0. The number of hydrogen-bond donors (Lipinski definition) is 1. The maximum Gasteiger partial charge on any atom is 0.284 e. The highest BCUT2D eigenvalue weighted by Crippen LogP contribution is 2.30. The molecule has 3 rings (SSSR count). The SMILES string of the molecule is COCCC1CCN(c2ncnc3cc(C(N)=O)oc23)CC1. The molecule has 1 saturated heterocycles. The molecule has 1 aliphatic heterocycles. The maximum atomic E-state index is 11.3. The zero-order valence-electron chi connectivity index (χ0n) is 12.6. The van der Waals surface area contributed by atoms with Gasteiger partial charge in [-0.25, -0.2) is 9.97 Å². The Bertz CT molecular complexity index is 662. The van der Waals surface area contributed by atoms with Crippen LogP contribution in [0.25, 0.3) is 11.1 Å². The van der Waals surface area contributed by atoms with Crippen LogP contribution >= 0.6 is 0 Å². The van der Waals surface area contributed by atoms with Crippen molar-refractivity contribution in [2.45, 2.75) is 19.3 Å². The zero-order valence-corrected chi connectivity index (χ0v) is 12.6. The zero-order chi connectivity index (χ0) is 15.5. The topological polar surface area (TPSA) is 94.5 Å². The number of aromatic nitrogens is 2. The van der Waals surface area contributed by atoms with Crippen molar-refractivity contribution in [2.24, 2.45) is 11.7 Å². The summed E-state index contributed by atoms with van der Waals surface area (Å²) in [5.74, 6) is 0.947. The van der Waals surface area contributed by atoms with Gasteiger partial charge in [0.2, 0.25) is 0 Å². The van der Waals surface area contributed by atoms with Gasteiger partial charge in [-0.3, -0.25) is 4.79 Å². The van der Waals surface area contributed by atoms with E-state index >= 15 is 0 Å². The number of amides is 1. The molecule has 1 amide bonds. The van der Waals surface area contributed by atoms with Crippen LogP contribution < -0.4 is 10.6 Å². The number of hydrogen-bond acceptors (Lipinski definition) is 6. The Morgan fingerprint density at radius 1 is 1.45 bits per heavy atom. The number of piperidine rings is 1. The summed E-state index contributed by atoms with van der Waals surface area (Å²) in [4.78, 5) is 21.9. The molecule has 7 heteroatoms. The molecule has 0 bridgehead atoms. The van der Waals surface area contributed by atoms with E-state index in [0.29, 0.717) is 17.0 Å². The van der Waals surface area contributed by atoms with Crippen molar-refractivity contribution in [1.29, 1.82) is 0 Å². The van der Waals surface area contributed by atoms with E-state index in [1.54, 1.807) is 13.2 Å². The third-order valence-corrected chi connectivity index (χ3v) is 4.18. The van der Waals surface area contributed by atoms with Crippen LogP contribution in [-0.2, 0) is 4.74 Å². The lowest BCUT2D eigenvalue weighted by molar-refractivity contribution is 0.0976. The average Bonchev–Trinajstić information content (AvgIpc) is 2.98. The Balaban J connectivity index is 1.78. The molecule has 0 spiro atoms. The number of primary amides is 1. The number of ether oxygens (including phenoxy) is 1. The fourth-order valence-electron chi connectivity index (χ4n) is 2.91. The van der Waals surface area contributed by atoms with Crippen LogP contribution in [-0.4, -0.2) is 42.7 Å². The van der Waals surface area contributed by atoms with Crippen molar-refractivity contribution in [1.82, 2.24) is 9.97 Å². The van der Waals surface area contributed by atoms with E-state index in [-0.39, 0.29) is 5.76 Å². The summed E-state index contributed by atoms with van der Waals surface area (Å²) in [5, 5.41) is 0. The number of nitrogens with two attached hydrogens (primary N) is 1. The highest BCUT2D eigenvalue weighted by Gasteiger charge is 2.23. The number of carbonyl (C=O) groups is 1. The molecule has 7 nitrogen and oxygen atoms in total. The lowest BCUT2D eigenvalue weighted by Gasteiger charge is -2.32. The molecule has 0 saturated carbocycles. The van der Waals surface area contributed by atoms with Crippen LogP contribution in [0.5, 0.6) is 0 Å². The summed E-state index contributed by atoms with van der Waals surface area (Å²) in [5.41, 5.74) is 6.41. The monoisotopic (exact) mass is 304 g/mol. The molecule has 2 aromatic heterocycles. The first-order valence-electron chi connectivity index (χ1n) is 7.47. The van der Waals surface area contributed by atoms with Gasteiger partial charge in [-0.2, -0.15) is 0 Å². The minimum atomic E-state index is -0.595. The third-order valence-electron chi connectivity index (χ3n) is 4.18. The molecule has 0 radical (unpaired) electrons. The van der Waals surface area contributed by atoms with Crippen molar-refractivity contribution in [3.05, 3.63) is 18.2 Å². The van der Waals surface area contributed by atoms with E-state index in [1.165, 1.54) is 6.33 Å². The van der Waals surface area contributed by atoms with Crippen LogP contribution in [0.3, 0.4) is 0 Å². The molecule has 1 aliphatic rings. The molecule has 0 unspecified atom stereocenters. The minimum Gasteiger partial charge on any atom is -0.445 e. The molecule has 0 aliphatic carbocycles. The van der Waals surface area contributed by atoms with Gasteiger partial charge >= 0.3 is 0 Å². The number of fused-ring (bicyclic) bond motifs is 1. The molecule has 0 aromatic carbocycles. The molecule has 3 heterocycles. The number of rotatable bonds is 5. The largest absolute Gasteiger partial charge is 0.445 e. The average molecular weight is 304 g/mol. The van der Waals surface area contributed by atoms with Crippen LogP contribution in [0.2, 0.25) is 0 Å². The summed E-state index contributed by atoms with van der Waals surface area (Å²) in [6.45, 7) is 2.63. The highest BCUT2D eigenvalue weighted by atomic mass is 16.5. The predicted octanol–water partition coefficient (Wildman–Crippen LogP) is 1.57. The third kappa shape index (κ3) is 2.89. The smallest absolute Gasteiger partial charge is 0.284 e. The molecule has 2 aromatic rings. The van der Waals surface area contributed by atoms with E-state index in [4.69, 9.17) is 14.9 Å². The van der Waals surface area contributed by atoms with Crippen LogP contribution in [0.4, 0.5) is 5.82 Å². The van der Waals surface area contributed by atoms with Crippen molar-refractivity contribution in [3.8, 4) is 0 Å². The summed E-state index contributed by atoms with van der Waals surface area (Å²) in [7, 11) is 1.74. The second-order valence-electron chi connectivity index (χ2n) is 5.60. The Kier molecular flexibility index (Phi) is 4.24. The second-order valence-corrected chi connectivity index (χ2v) is 5.60. The summed E-state index contributed by atoms with van der Waals surface area (Å²) < 4.78 is 10.7. The Hall–Kier alpha value is -2.15. The summed E-state index contributed by atoms with van der Waals surface area (Å²) in [6.07, 6.45) is 4.78. The van der Waals surface area contributed by atoms with Gasteiger partial charge in [0.1, 0.15) is 11.8 Å². The maximum absolute atomic E-state index is 11.3. The van der Waals surface area contributed by atoms with Crippen molar-refractivity contribution in [3.63, 3.8) is 0 Å². The highest BCUT2D eigenvalue weighted by molar-refractivity contribution is 5.96. The molecule has 22 heavy (non-hydrogen) atoms. The van der Waals surface area contributed by atoms with Crippen molar-refractivity contribution < 1.29 is 13.9 Å². The molecule has 0 atom stereocenters. The predicted molar refractivity (Wildman–Crippen MR) is 81.8 cm³/mol. The Labute approximate surface area is 128 Å². The number of methoxy groups -OCH3 is 1. The normalized spacial score (nSPS) is 16.3. The van der Waals surface area contributed by atoms with E-state index in [9.17, 15) is 4.79 Å². The number of carbonyl (C=O) groups excluding carboxylic acids is 1. The van der Waals surface area contributed by atoms with Gasteiger partial charge in [0.05, 0.1) is 0 Å². The molecule has 1 fully saturated rings. The molecular weight excluding hydrogens is 284 g/mol. The first-order valence-corrected chi connectivity index (χ1v) is 7.47. The standard InChI is InChI=1S/C15H20N4O3/c1-21-7-4-10-2-5-19(6-3-10)15-13-11(17-9-18-15)8-12(22-13)14(16)20/h8-10H,2-7H2,1H3,(H2,16,20). The summed E-state index contributed by atoms with van der Waals surface area (Å²) in [6, 6.07) is 1.56. The number of anilines is 1. The lowest BCUT2D eigenvalue weighted by Crippen LogP contribution is -2.34. The minimum absolute atomic E-state index is 0.117. The molecule has 118 valence electrons. The van der Waals surface area contributed by atoms with Gasteiger partial charge < -0.3 is 19.8 Å². The van der Waals surface area contributed by atoms with Gasteiger partial charge in [0.25, 0.3) is 5.91 Å². The van der Waals surface area contributed by atoms with Gasteiger partial charge in [-0.15, -0.1) is 0 Å². The second kappa shape index (κ2) is 6.31. The van der Waals surface area contributed by atoms with Gasteiger partial charge in [-0.05, 0) is 25.2 Å². The quantitative estimate of drug-likeness (QED) is 0.901.